The molecule has 0 saturated carbocycles. The third-order valence-electron chi connectivity index (χ3n) is 9.78. The van der Waals surface area contributed by atoms with Gasteiger partial charge in [0.2, 0.25) is 35.2 Å². The number of aromatic amines is 1. The second-order valence-corrected chi connectivity index (χ2v) is 12.6. The molecule has 7 heterocycles. The van der Waals surface area contributed by atoms with Gasteiger partial charge in [-0.15, -0.1) is 0 Å². The number of hydrogen-bond acceptors (Lipinski definition) is 13. The number of aliphatic imine (C=N–C) groups is 4. The summed E-state index contributed by atoms with van der Waals surface area (Å²) in [6.45, 7) is 0. The number of carbonyl (C=O) groups excluding carboxylic acids is 2. The van der Waals surface area contributed by atoms with Gasteiger partial charge in [-0.3, -0.25) is 20.2 Å². The van der Waals surface area contributed by atoms with E-state index in [1.54, 1.807) is 79.4 Å². The number of imidazole rings is 1. The van der Waals surface area contributed by atoms with Crippen molar-refractivity contribution in [3.63, 3.8) is 0 Å². The lowest BCUT2D eigenvalue weighted by Crippen LogP contribution is -2.71. The second-order valence-electron chi connectivity index (χ2n) is 12.6. The van der Waals surface area contributed by atoms with E-state index in [9.17, 15) is 20.2 Å². The SMILES string of the molecule is O=C1N2C(=NC3=NC4(c5ccccc5)N=C5N=C6Nc7ccc([N+](=O)[O-])cc7N6C(=O)N5C4(c4ccccc4)N13)Nc1ccc([N+](=O)[O-])cc12.c1c[nH]cn1. The minimum atomic E-state index is -1.93. The van der Waals surface area contributed by atoms with Gasteiger partial charge in [-0.25, -0.2) is 44.2 Å². The summed E-state index contributed by atoms with van der Waals surface area (Å²) in [6.07, 6.45) is 5.08. The third kappa shape index (κ3) is 4.11. The van der Waals surface area contributed by atoms with E-state index in [0.29, 0.717) is 22.5 Å². The number of aromatic nitrogens is 2. The highest BCUT2D eigenvalue weighted by Gasteiger charge is 2.76. The van der Waals surface area contributed by atoms with Crippen LogP contribution in [0.4, 0.5) is 43.7 Å². The molecule has 0 aliphatic carbocycles. The summed E-state index contributed by atoms with van der Waals surface area (Å²) in [7, 11) is 0. The molecule has 0 atom stereocenters. The van der Waals surface area contributed by atoms with Crippen molar-refractivity contribution >= 4 is 70.0 Å². The van der Waals surface area contributed by atoms with E-state index in [1.165, 1.54) is 56.0 Å². The van der Waals surface area contributed by atoms with Crippen LogP contribution in [0.3, 0.4) is 0 Å². The van der Waals surface area contributed by atoms with Crippen LogP contribution in [0.5, 0.6) is 0 Å². The Morgan fingerprint density at radius 2 is 1.13 bits per heavy atom. The Balaban J connectivity index is 0.000000692. The molecule has 268 valence electrons. The standard InChI is InChI=1S/C32H18N12O6.C3H4N2/c45-29-39-23-15-19(43(47)48)11-13-21(23)33-25(39)35-27-37-31(17-7-3-1-4-8-17)32(41(27)29,18-9-5-2-6-10-18)42-28(38-31)36-26-34-22-14-12-20(44(49)50)16-24(22)40(26)30(42)46;1-2-5-3-4-1/h1-16H,(H,33,35,37)(H,34,36,38);1-3H,(H,4,5). The van der Waals surface area contributed by atoms with Crippen LogP contribution in [0.1, 0.15) is 11.1 Å². The molecule has 0 radical (unpaired) electrons. The number of carbonyl (C=O) groups is 2. The van der Waals surface area contributed by atoms with Crippen molar-refractivity contribution in [2.75, 3.05) is 20.4 Å². The molecule has 55 heavy (non-hydrogen) atoms. The quantitative estimate of drug-likeness (QED) is 0.164. The molecule has 0 spiro atoms. The van der Waals surface area contributed by atoms with Crippen LogP contribution >= 0.6 is 0 Å². The Bertz CT molecular complexity index is 2500. The molecule has 0 bridgehead atoms. The first kappa shape index (κ1) is 31.4. The Labute approximate surface area is 307 Å². The van der Waals surface area contributed by atoms with Gasteiger partial charge in [0.1, 0.15) is 0 Å². The molecule has 6 aliphatic heterocycles. The molecule has 20 heteroatoms. The van der Waals surface area contributed by atoms with Gasteiger partial charge < -0.3 is 15.6 Å². The number of benzene rings is 4. The molecule has 0 fully saturated rings. The number of nitrogens with one attached hydrogen (secondary N) is 3. The molecule has 4 amide bonds. The number of nitrogens with zero attached hydrogens (tertiary/aromatic N) is 11. The molecule has 20 nitrogen and oxygen atoms in total. The Morgan fingerprint density at radius 3 is 1.55 bits per heavy atom. The minimum absolute atomic E-state index is 0.0614. The first-order valence-electron chi connectivity index (χ1n) is 16.5. The number of H-pyrrole nitrogens is 1. The fourth-order valence-electron chi connectivity index (χ4n) is 7.58. The van der Waals surface area contributed by atoms with E-state index >= 15 is 9.59 Å². The zero-order valence-electron chi connectivity index (χ0n) is 27.8. The zero-order valence-corrected chi connectivity index (χ0v) is 27.8. The smallest absolute Gasteiger partial charge is 0.340 e. The number of amides is 4. The molecule has 4 aromatic carbocycles. The van der Waals surface area contributed by atoms with E-state index in [-0.39, 0.29) is 46.6 Å². The second kappa shape index (κ2) is 11.1. The topological polar surface area (TPSA) is 236 Å². The van der Waals surface area contributed by atoms with E-state index in [2.05, 4.69) is 20.6 Å². The number of urea groups is 2. The van der Waals surface area contributed by atoms with Crippen LogP contribution in [-0.4, -0.2) is 65.5 Å². The Hall–Kier alpha value is -8.29. The monoisotopic (exact) mass is 734 g/mol. The van der Waals surface area contributed by atoms with Gasteiger partial charge in [0, 0.05) is 47.8 Å². The maximum atomic E-state index is 15.1. The van der Waals surface area contributed by atoms with E-state index in [4.69, 9.17) is 20.0 Å². The van der Waals surface area contributed by atoms with E-state index < -0.39 is 33.2 Å². The summed E-state index contributed by atoms with van der Waals surface area (Å²) in [4.78, 5) is 83.5. The summed E-state index contributed by atoms with van der Waals surface area (Å²) in [6, 6.07) is 24.3. The highest BCUT2D eigenvalue weighted by atomic mass is 16.6. The Kier molecular flexibility index (Phi) is 6.35. The van der Waals surface area contributed by atoms with Crippen LogP contribution in [-0.2, 0) is 11.3 Å². The highest BCUT2D eigenvalue weighted by Crippen LogP contribution is 2.61. The first-order valence-corrected chi connectivity index (χ1v) is 16.5. The van der Waals surface area contributed by atoms with E-state index in [0.717, 1.165) is 0 Å². The number of fused-ring (bicyclic) bond motifs is 11. The fraction of sp³-hybridized carbons (Fsp3) is 0.0571. The van der Waals surface area contributed by atoms with Crippen molar-refractivity contribution in [1.82, 2.24) is 19.8 Å². The number of guanidine groups is 4. The van der Waals surface area contributed by atoms with Crippen LogP contribution in [0.25, 0.3) is 0 Å². The van der Waals surface area contributed by atoms with Gasteiger partial charge in [0.25, 0.3) is 11.4 Å². The number of non-ortho nitro benzene ring substituents is 2. The summed E-state index contributed by atoms with van der Waals surface area (Å²) in [5, 5.41) is 29.6. The zero-order chi connectivity index (χ0) is 37.6. The molecule has 11 rings (SSSR count). The van der Waals surface area contributed by atoms with Crippen LogP contribution in [0.2, 0.25) is 0 Å². The normalized spacial score (nSPS) is 21.8. The molecular formula is C35H22N14O6. The summed E-state index contributed by atoms with van der Waals surface area (Å²) < 4.78 is 0. The van der Waals surface area contributed by atoms with Crippen molar-refractivity contribution in [3.05, 3.63) is 147 Å². The average molecular weight is 735 g/mol. The number of hydrogen-bond donors (Lipinski definition) is 3. The molecule has 6 aliphatic rings. The van der Waals surface area contributed by atoms with Gasteiger partial charge in [0.15, 0.2) is 0 Å². The summed E-state index contributed by atoms with van der Waals surface area (Å²) in [5.74, 6) is -0.0350. The molecular weight excluding hydrogens is 712 g/mol. The minimum Gasteiger partial charge on any atom is -0.351 e. The van der Waals surface area contributed by atoms with E-state index in [1.807, 2.05) is 0 Å². The Morgan fingerprint density at radius 1 is 0.636 bits per heavy atom. The van der Waals surface area contributed by atoms with Crippen molar-refractivity contribution < 1.29 is 19.4 Å². The molecule has 0 saturated heterocycles. The number of anilines is 4. The first-order chi connectivity index (χ1) is 26.7. The summed E-state index contributed by atoms with van der Waals surface area (Å²) >= 11 is 0. The van der Waals surface area contributed by atoms with Gasteiger partial charge in [0.05, 0.1) is 38.9 Å². The summed E-state index contributed by atoms with van der Waals surface area (Å²) in [5.41, 5.74) is -2.10. The lowest BCUT2D eigenvalue weighted by atomic mass is 9.81. The van der Waals surface area contributed by atoms with Gasteiger partial charge >= 0.3 is 12.1 Å². The largest absolute Gasteiger partial charge is 0.351 e. The van der Waals surface area contributed by atoms with Crippen LogP contribution in [0.15, 0.2) is 136 Å². The van der Waals surface area contributed by atoms with Crippen molar-refractivity contribution in [2.24, 2.45) is 20.0 Å². The highest BCUT2D eigenvalue weighted by molar-refractivity contribution is 6.36. The third-order valence-corrected chi connectivity index (χ3v) is 9.78. The number of nitro groups is 2. The maximum absolute atomic E-state index is 15.1. The van der Waals surface area contributed by atoms with Crippen LogP contribution < -0.4 is 20.4 Å². The lowest BCUT2D eigenvalue weighted by molar-refractivity contribution is -0.385. The molecule has 1 aromatic heterocycles. The fourth-order valence-corrected chi connectivity index (χ4v) is 7.58. The number of rotatable bonds is 4. The lowest BCUT2D eigenvalue weighted by Gasteiger charge is -2.49. The van der Waals surface area contributed by atoms with Crippen molar-refractivity contribution in [2.45, 2.75) is 11.3 Å². The molecule has 5 aromatic rings. The molecule has 0 unspecified atom stereocenters. The van der Waals surface area contributed by atoms with Gasteiger partial charge in [-0.1, -0.05) is 60.7 Å². The van der Waals surface area contributed by atoms with Crippen molar-refractivity contribution in [1.29, 1.82) is 0 Å². The van der Waals surface area contributed by atoms with Crippen LogP contribution in [0, 0.1) is 20.2 Å². The van der Waals surface area contributed by atoms with Gasteiger partial charge in [-0.05, 0) is 12.1 Å². The predicted octanol–water partition coefficient (Wildman–Crippen LogP) is 5.11. The van der Waals surface area contributed by atoms with Gasteiger partial charge in [-0.2, -0.15) is 9.98 Å². The maximum Gasteiger partial charge on any atom is 0.340 e. The molecule has 3 N–H and O–H groups in total. The average Bonchev–Trinajstić information content (AvgIpc) is 4.02. The van der Waals surface area contributed by atoms with Crippen molar-refractivity contribution in [3.8, 4) is 0 Å². The predicted molar refractivity (Wildman–Crippen MR) is 197 cm³/mol. The number of nitro benzene ring substituents is 2.